The molecular formula is C13H9BrFN3O3. The third-order valence-corrected chi connectivity index (χ3v) is 3.15. The van der Waals surface area contributed by atoms with Gasteiger partial charge in [-0.3, -0.25) is 14.9 Å². The Morgan fingerprint density at radius 2 is 2.14 bits per heavy atom. The van der Waals surface area contributed by atoms with E-state index in [1.54, 1.807) is 12.1 Å². The topological polar surface area (TPSA) is 85.1 Å². The average Bonchev–Trinajstić information content (AvgIpc) is 2.43. The smallest absolute Gasteiger partial charge is 0.270 e. The molecular weight excluding hydrogens is 345 g/mol. The number of non-ortho nitro benzene ring substituents is 1. The van der Waals surface area contributed by atoms with Crippen LogP contribution in [0.2, 0.25) is 0 Å². The maximum Gasteiger partial charge on any atom is 0.270 e. The van der Waals surface area contributed by atoms with Gasteiger partial charge >= 0.3 is 0 Å². The Bertz CT molecular complexity index is 719. The van der Waals surface area contributed by atoms with Gasteiger partial charge in [0.1, 0.15) is 10.4 Å². The molecule has 0 saturated carbocycles. The van der Waals surface area contributed by atoms with Gasteiger partial charge in [-0.25, -0.2) is 9.37 Å². The van der Waals surface area contributed by atoms with Crippen LogP contribution >= 0.6 is 15.9 Å². The Morgan fingerprint density at radius 1 is 1.43 bits per heavy atom. The number of carbonyl (C=O) groups excluding carboxylic acids is 1. The molecule has 0 spiro atoms. The fourth-order valence-electron chi connectivity index (χ4n) is 1.67. The first-order valence-corrected chi connectivity index (χ1v) is 6.55. The highest BCUT2D eigenvalue weighted by Gasteiger charge is 2.19. The van der Waals surface area contributed by atoms with E-state index in [1.807, 2.05) is 0 Å². The van der Waals surface area contributed by atoms with E-state index >= 15 is 0 Å². The van der Waals surface area contributed by atoms with Crippen molar-refractivity contribution in [3.05, 3.63) is 62.1 Å². The Balaban J connectivity index is 2.34. The summed E-state index contributed by atoms with van der Waals surface area (Å²) in [7, 11) is 0. The summed E-state index contributed by atoms with van der Waals surface area (Å²) in [5.41, 5.74) is -0.340. The lowest BCUT2D eigenvalue weighted by Crippen LogP contribution is -2.15. The lowest BCUT2D eigenvalue weighted by Gasteiger charge is -2.07. The van der Waals surface area contributed by atoms with Crippen LogP contribution in [0.4, 0.5) is 15.8 Å². The predicted octanol–water partition coefficient (Wildman–Crippen LogP) is 3.45. The van der Waals surface area contributed by atoms with Crippen molar-refractivity contribution in [2.75, 3.05) is 5.32 Å². The van der Waals surface area contributed by atoms with Crippen molar-refractivity contribution in [1.29, 1.82) is 0 Å². The molecule has 6 nitrogen and oxygen atoms in total. The van der Waals surface area contributed by atoms with Crippen molar-refractivity contribution in [2.45, 2.75) is 6.92 Å². The number of benzene rings is 1. The maximum absolute atomic E-state index is 14.0. The van der Waals surface area contributed by atoms with Crippen LogP contribution in [0.5, 0.6) is 0 Å². The van der Waals surface area contributed by atoms with Gasteiger partial charge in [0, 0.05) is 12.1 Å². The zero-order valence-corrected chi connectivity index (χ0v) is 12.3. The highest BCUT2D eigenvalue weighted by atomic mass is 79.9. The molecule has 0 atom stereocenters. The lowest BCUT2D eigenvalue weighted by atomic mass is 10.1. The van der Waals surface area contributed by atoms with Gasteiger partial charge in [-0.05, 0) is 40.5 Å². The Kier molecular flexibility index (Phi) is 4.27. The van der Waals surface area contributed by atoms with E-state index in [0.717, 1.165) is 12.1 Å². The standard InChI is InChI=1S/C13H9BrFN3O3/c1-7-4-9(18(20)21)5-10(12(7)15)13(19)17-8-2-3-11(14)16-6-8/h2-6H,1H3,(H,17,19). The molecule has 0 aliphatic carbocycles. The molecule has 0 saturated heterocycles. The molecule has 21 heavy (non-hydrogen) atoms. The third-order valence-electron chi connectivity index (χ3n) is 2.68. The Morgan fingerprint density at radius 3 is 2.71 bits per heavy atom. The Hall–Kier alpha value is -2.35. The van der Waals surface area contributed by atoms with Crippen LogP contribution in [0.1, 0.15) is 15.9 Å². The molecule has 1 aromatic heterocycles. The second-order valence-electron chi connectivity index (χ2n) is 4.21. The van der Waals surface area contributed by atoms with Gasteiger partial charge in [-0.1, -0.05) is 0 Å². The zero-order chi connectivity index (χ0) is 15.6. The molecule has 0 fully saturated rings. The van der Waals surface area contributed by atoms with Gasteiger partial charge in [-0.2, -0.15) is 0 Å². The summed E-state index contributed by atoms with van der Waals surface area (Å²) >= 11 is 3.14. The quantitative estimate of drug-likeness (QED) is 0.520. The number of anilines is 1. The van der Waals surface area contributed by atoms with Crippen LogP contribution in [0.15, 0.2) is 35.1 Å². The highest BCUT2D eigenvalue weighted by molar-refractivity contribution is 9.10. The van der Waals surface area contributed by atoms with Crippen LogP contribution in [-0.2, 0) is 0 Å². The van der Waals surface area contributed by atoms with Crippen LogP contribution in [0, 0.1) is 22.9 Å². The summed E-state index contributed by atoms with van der Waals surface area (Å²) in [6.45, 7) is 1.36. The van der Waals surface area contributed by atoms with Crippen molar-refractivity contribution in [3.63, 3.8) is 0 Å². The van der Waals surface area contributed by atoms with Gasteiger partial charge in [0.05, 0.1) is 22.4 Å². The minimum absolute atomic E-state index is 0.0308. The third kappa shape index (κ3) is 3.40. The number of nitro groups is 1. The molecule has 8 heteroatoms. The number of nitrogens with one attached hydrogen (secondary N) is 1. The number of nitrogens with zero attached hydrogens (tertiary/aromatic N) is 2. The van der Waals surface area contributed by atoms with Crippen molar-refractivity contribution >= 4 is 33.2 Å². The van der Waals surface area contributed by atoms with E-state index < -0.39 is 16.6 Å². The summed E-state index contributed by atoms with van der Waals surface area (Å²) in [5, 5.41) is 13.2. The van der Waals surface area contributed by atoms with E-state index in [-0.39, 0.29) is 16.8 Å². The fourth-order valence-corrected chi connectivity index (χ4v) is 1.90. The second-order valence-corrected chi connectivity index (χ2v) is 5.02. The largest absolute Gasteiger partial charge is 0.320 e. The molecule has 0 bridgehead atoms. The normalized spacial score (nSPS) is 10.2. The molecule has 1 N–H and O–H groups in total. The molecule has 1 heterocycles. The number of carbonyl (C=O) groups is 1. The van der Waals surface area contributed by atoms with E-state index in [9.17, 15) is 19.3 Å². The van der Waals surface area contributed by atoms with Gasteiger partial charge in [0.15, 0.2) is 0 Å². The van der Waals surface area contributed by atoms with E-state index in [4.69, 9.17) is 0 Å². The van der Waals surface area contributed by atoms with Crippen molar-refractivity contribution in [3.8, 4) is 0 Å². The van der Waals surface area contributed by atoms with Gasteiger partial charge in [0.25, 0.3) is 11.6 Å². The summed E-state index contributed by atoms with van der Waals surface area (Å²) in [4.78, 5) is 26.0. The second kappa shape index (κ2) is 5.96. The van der Waals surface area contributed by atoms with Gasteiger partial charge in [0.2, 0.25) is 0 Å². The van der Waals surface area contributed by atoms with Crippen LogP contribution < -0.4 is 5.32 Å². The first-order chi connectivity index (χ1) is 9.88. The zero-order valence-electron chi connectivity index (χ0n) is 10.8. The predicted molar refractivity (Wildman–Crippen MR) is 77.7 cm³/mol. The average molecular weight is 354 g/mol. The number of rotatable bonds is 3. The minimum Gasteiger partial charge on any atom is -0.320 e. The Labute approximate surface area is 127 Å². The molecule has 0 aliphatic rings. The number of pyridine rings is 1. The summed E-state index contributed by atoms with van der Waals surface area (Å²) in [6.07, 6.45) is 1.38. The number of aromatic nitrogens is 1. The molecule has 0 unspecified atom stereocenters. The number of halogens is 2. The number of nitro benzene ring substituents is 1. The van der Waals surface area contributed by atoms with E-state index in [0.29, 0.717) is 10.3 Å². The van der Waals surface area contributed by atoms with Crippen molar-refractivity contribution in [2.24, 2.45) is 0 Å². The first kappa shape index (κ1) is 15.0. The minimum atomic E-state index is -0.789. The van der Waals surface area contributed by atoms with Crippen molar-refractivity contribution in [1.82, 2.24) is 4.98 Å². The van der Waals surface area contributed by atoms with Gasteiger partial charge in [-0.15, -0.1) is 0 Å². The lowest BCUT2D eigenvalue weighted by molar-refractivity contribution is -0.385. The van der Waals surface area contributed by atoms with E-state index in [2.05, 4.69) is 26.2 Å². The molecule has 2 aromatic rings. The molecule has 108 valence electrons. The maximum atomic E-state index is 14.0. The first-order valence-electron chi connectivity index (χ1n) is 5.76. The number of amides is 1. The summed E-state index contributed by atoms with van der Waals surface area (Å²) in [5.74, 6) is -1.56. The summed E-state index contributed by atoms with van der Waals surface area (Å²) < 4.78 is 14.5. The number of aryl methyl sites for hydroxylation is 1. The summed E-state index contributed by atoms with van der Waals surface area (Å²) in [6, 6.07) is 5.15. The monoisotopic (exact) mass is 353 g/mol. The molecule has 0 aliphatic heterocycles. The van der Waals surface area contributed by atoms with E-state index in [1.165, 1.54) is 13.1 Å². The molecule has 0 radical (unpaired) electrons. The van der Waals surface area contributed by atoms with Gasteiger partial charge < -0.3 is 5.32 Å². The highest BCUT2D eigenvalue weighted by Crippen LogP contribution is 2.22. The SMILES string of the molecule is Cc1cc([N+](=O)[O-])cc(C(=O)Nc2ccc(Br)nc2)c1F. The number of hydrogen-bond donors (Lipinski definition) is 1. The molecule has 1 amide bonds. The van der Waals surface area contributed by atoms with Crippen LogP contribution in [0.3, 0.4) is 0 Å². The molecule has 1 aromatic carbocycles. The van der Waals surface area contributed by atoms with Crippen molar-refractivity contribution < 1.29 is 14.1 Å². The van der Waals surface area contributed by atoms with Crippen LogP contribution in [0.25, 0.3) is 0 Å². The van der Waals surface area contributed by atoms with Crippen LogP contribution in [-0.4, -0.2) is 15.8 Å². The molecule has 2 rings (SSSR count). The number of hydrogen-bond acceptors (Lipinski definition) is 4. The fraction of sp³-hybridized carbons (Fsp3) is 0.0769.